The summed E-state index contributed by atoms with van der Waals surface area (Å²) in [4.78, 5) is 10.3. The van der Waals surface area contributed by atoms with E-state index >= 15 is 0 Å². The molecule has 0 saturated carbocycles. The van der Waals surface area contributed by atoms with E-state index in [-0.39, 0.29) is 6.42 Å². The number of aromatic nitrogens is 2. The quantitative estimate of drug-likeness (QED) is 0.747. The highest BCUT2D eigenvalue weighted by Crippen LogP contribution is 2.21. The van der Waals surface area contributed by atoms with Crippen LogP contribution in [0.1, 0.15) is 24.2 Å². The van der Waals surface area contributed by atoms with Gasteiger partial charge >= 0.3 is 5.97 Å². The topological polar surface area (TPSA) is 64.4 Å². The monoisotopic (exact) mass is 212 g/mol. The molecule has 0 saturated heterocycles. The van der Waals surface area contributed by atoms with Gasteiger partial charge in [0.25, 0.3) is 0 Å². The number of hydrogen-bond acceptors (Lipinski definition) is 3. The van der Waals surface area contributed by atoms with Crippen LogP contribution in [0.15, 0.2) is 0 Å². The lowest BCUT2D eigenvalue weighted by molar-refractivity contribution is -0.137. The highest BCUT2D eigenvalue weighted by atomic mass is 16.5. The van der Waals surface area contributed by atoms with Crippen molar-refractivity contribution < 1.29 is 14.6 Å². The van der Waals surface area contributed by atoms with Gasteiger partial charge in [-0.1, -0.05) is 0 Å². The summed E-state index contributed by atoms with van der Waals surface area (Å²) < 4.78 is 7.24. The number of carboxylic acid groups (broad SMARTS) is 1. The third-order valence-corrected chi connectivity index (χ3v) is 2.22. The molecule has 1 aromatic rings. The lowest BCUT2D eigenvalue weighted by Crippen LogP contribution is -2.03. The Labute approximate surface area is 88.7 Å². The molecule has 15 heavy (non-hydrogen) atoms. The van der Waals surface area contributed by atoms with Crippen LogP contribution in [0.25, 0.3) is 0 Å². The fraction of sp³-hybridized carbons (Fsp3) is 0.600. The molecule has 0 aliphatic rings. The summed E-state index contributed by atoms with van der Waals surface area (Å²) in [5, 5.41) is 12.7. The van der Waals surface area contributed by atoms with Gasteiger partial charge in [-0.2, -0.15) is 5.10 Å². The molecule has 0 fully saturated rings. The molecule has 0 aromatic carbocycles. The summed E-state index contributed by atoms with van der Waals surface area (Å²) in [7, 11) is 1.85. The average molecular weight is 212 g/mol. The Bertz CT molecular complexity index is 358. The van der Waals surface area contributed by atoms with E-state index in [4.69, 9.17) is 9.84 Å². The summed E-state index contributed by atoms with van der Waals surface area (Å²) in [6.07, 6.45) is 0.654. The third kappa shape index (κ3) is 2.97. The first-order chi connectivity index (χ1) is 7.02. The second kappa shape index (κ2) is 4.82. The zero-order valence-electron chi connectivity index (χ0n) is 9.28. The van der Waals surface area contributed by atoms with Crippen molar-refractivity contribution in [3.8, 4) is 5.75 Å². The van der Waals surface area contributed by atoms with Gasteiger partial charge in [-0.15, -0.1) is 0 Å². The Kier molecular flexibility index (Phi) is 3.71. The van der Waals surface area contributed by atoms with Gasteiger partial charge < -0.3 is 9.84 Å². The van der Waals surface area contributed by atoms with E-state index in [1.54, 1.807) is 4.68 Å². The number of nitrogens with zero attached hydrogens (tertiary/aromatic N) is 2. The first-order valence-electron chi connectivity index (χ1n) is 4.87. The van der Waals surface area contributed by atoms with Crippen molar-refractivity contribution in [2.45, 2.75) is 26.7 Å². The minimum absolute atomic E-state index is 0.137. The van der Waals surface area contributed by atoms with Crippen LogP contribution in [0.3, 0.4) is 0 Å². The maximum absolute atomic E-state index is 10.3. The van der Waals surface area contributed by atoms with Gasteiger partial charge in [0.15, 0.2) is 5.75 Å². The van der Waals surface area contributed by atoms with Crippen LogP contribution in [0.4, 0.5) is 0 Å². The molecule has 1 N–H and O–H groups in total. The maximum atomic E-state index is 10.3. The highest BCUT2D eigenvalue weighted by molar-refractivity contribution is 5.66. The lowest BCUT2D eigenvalue weighted by atomic mass is 10.3. The molecule has 0 spiro atoms. The number of aryl methyl sites for hydroxylation is 2. The van der Waals surface area contributed by atoms with Crippen molar-refractivity contribution in [1.29, 1.82) is 0 Å². The predicted molar refractivity (Wildman–Crippen MR) is 55.0 cm³/mol. The zero-order valence-corrected chi connectivity index (χ0v) is 9.28. The summed E-state index contributed by atoms with van der Waals surface area (Å²) in [5.41, 5.74) is 1.80. The van der Waals surface area contributed by atoms with E-state index < -0.39 is 5.97 Å². The van der Waals surface area contributed by atoms with Crippen molar-refractivity contribution >= 4 is 5.97 Å². The molecule has 0 aliphatic carbocycles. The standard InChI is InChI=1S/C10H16N2O3/c1-7-10(8(2)12(3)11-7)15-6-4-5-9(13)14/h4-6H2,1-3H3,(H,13,14). The third-order valence-electron chi connectivity index (χ3n) is 2.22. The largest absolute Gasteiger partial charge is 0.490 e. The minimum Gasteiger partial charge on any atom is -0.490 e. The van der Waals surface area contributed by atoms with E-state index in [9.17, 15) is 4.79 Å². The van der Waals surface area contributed by atoms with Crippen molar-refractivity contribution in [2.75, 3.05) is 6.61 Å². The van der Waals surface area contributed by atoms with Crippen LogP contribution in [0.5, 0.6) is 5.75 Å². The van der Waals surface area contributed by atoms with E-state index in [0.29, 0.717) is 13.0 Å². The number of carboxylic acids is 1. The Morgan fingerprint density at radius 3 is 2.67 bits per heavy atom. The molecular formula is C10H16N2O3. The van der Waals surface area contributed by atoms with Gasteiger partial charge in [-0.05, 0) is 20.3 Å². The maximum Gasteiger partial charge on any atom is 0.303 e. The molecule has 5 nitrogen and oxygen atoms in total. The fourth-order valence-corrected chi connectivity index (χ4v) is 1.36. The second-order valence-corrected chi connectivity index (χ2v) is 3.47. The number of hydrogen-bond donors (Lipinski definition) is 1. The van der Waals surface area contributed by atoms with Gasteiger partial charge in [0, 0.05) is 13.5 Å². The van der Waals surface area contributed by atoms with Crippen LogP contribution in [0, 0.1) is 13.8 Å². The average Bonchev–Trinajstić information content (AvgIpc) is 2.37. The molecule has 5 heteroatoms. The molecule has 1 heterocycles. The summed E-state index contributed by atoms with van der Waals surface area (Å²) in [6, 6.07) is 0. The number of rotatable bonds is 5. The van der Waals surface area contributed by atoms with Crippen LogP contribution >= 0.6 is 0 Å². The Morgan fingerprint density at radius 1 is 1.53 bits per heavy atom. The molecule has 1 aromatic heterocycles. The van der Waals surface area contributed by atoms with Gasteiger partial charge in [0.05, 0.1) is 12.3 Å². The fourth-order valence-electron chi connectivity index (χ4n) is 1.36. The van der Waals surface area contributed by atoms with Gasteiger partial charge in [-0.3, -0.25) is 9.48 Å². The molecule has 0 atom stereocenters. The number of aliphatic carboxylic acids is 1. The van der Waals surface area contributed by atoms with Crippen molar-refractivity contribution in [3.63, 3.8) is 0 Å². The van der Waals surface area contributed by atoms with Gasteiger partial charge in [0.1, 0.15) is 5.69 Å². The molecule has 0 radical (unpaired) electrons. The number of carbonyl (C=O) groups is 1. The molecule has 0 unspecified atom stereocenters. The SMILES string of the molecule is Cc1nn(C)c(C)c1OCCCC(=O)O. The van der Waals surface area contributed by atoms with Crippen molar-refractivity contribution in [1.82, 2.24) is 9.78 Å². The first-order valence-corrected chi connectivity index (χ1v) is 4.87. The molecule has 0 bridgehead atoms. The van der Waals surface area contributed by atoms with E-state index in [2.05, 4.69) is 5.10 Å². The molecule has 84 valence electrons. The molecule has 0 amide bonds. The van der Waals surface area contributed by atoms with Gasteiger partial charge in [0.2, 0.25) is 0 Å². The summed E-state index contributed by atoms with van der Waals surface area (Å²) in [5.74, 6) is -0.0267. The van der Waals surface area contributed by atoms with Crippen LogP contribution in [-0.2, 0) is 11.8 Å². The van der Waals surface area contributed by atoms with E-state index in [1.165, 1.54) is 0 Å². The molecule has 1 rings (SSSR count). The highest BCUT2D eigenvalue weighted by Gasteiger charge is 2.10. The van der Waals surface area contributed by atoms with Gasteiger partial charge in [-0.25, -0.2) is 0 Å². The lowest BCUT2D eigenvalue weighted by Gasteiger charge is -2.04. The number of ether oxygens (including phenoxy) is 1. The van der Waals surface area contributed by atoms with Crippen LogP contribution < -0.4 is 4.74 Å². The predicted octanol–water partition coefficient (Wildman–Crippen LogP) is 1.28. The summed E-state index contributed by atoms with van der Waals surface area (Å²) >= 11 is 0. The molecular weight excluding hydrogens is 196 g/mol. The van der Waals surface area contributed by atoms with Crippen LogP contribution in [0.2, 0.25) is 0 Å². The summed E-state index contributed by atoms with van der Waals surface area (Å²) in [6.45, 7) is 4.21. The Balaban J connectivity index is 2.47. The second-order valence-electron chi connectivity index (χ2n) is 3.47. The van der Waals surface area contributed by atoms with Crippen molar-refractivity contribution in [2.24, 2.45) is 7.05 Å². The van der Waals surface area contributed by atoms with E-state index in [1.807, 2.05) is 20.9 Å². The molecule has 0 aliphatic heterocycles. The normalized spacial score (nSPS) is 10.3. The Hall–Kier alpha value is -1.52. The Morgan fingerprint density at radius 2 is 2.20 bits per heavy atom. The minimum atomic E-state index is -0.793. The van der Waals surface area contributed by atoms with Crippen molar-refractivity contribution in [3.05, 3.63) is 11.4 Å². The smallest absolute Gasteiger partial charge is 0.303 e. The zero-order chi connectivity index (χ0) is 11.4. The van der Waals surface area contributed by atoms with E-state index in [0.717, 1.165) is 17.1 Å². The first kappa shape index (κ1) is 11.6. The van der Waals surface area contributed by atoms with Crippen LogP contribution in [-0.4, -0.2) is 27.5 Å².